The maximum absolute atomic E-state index is 12.0. The zero-order valence-electron chi connectivity index (χ0n) is 15.6. The van der Waals surface area contributed by atoms with Crippen molar-refractivity contribution in [2.45, 2.75) is 77.0 Å². The Labute approximate surface area is 146 Å². The predicted octanol–water partition coefficient (Wildman–Crippen LogP) is 4.92. The van der Waals surface area contributed by atoms with Crippen LogP contribution in [0.2, 0.25) is 18.1 Å². The van der Waals surface area contributed by atoms with Crippen LogP contribution in [0.1, 0.15) is 52.9 Å². The summed E-state index contributed by atoms with van der Waals surface area (Å²) in [6.45, 7) is 11.0. The van der Waals surface area contributed by atoms with Gasteiger partial charge in [0.1, 0.15) is 11.6 Å². The van der Waals surface area contributed by atoms with E-state index in [0.29, 0.717) is 11.9 Å². The molecule has 24 heavy (non-hydrogen) atoms. The Morgan fingerprint density at radius 3 is 2.42 bits per heavy atom. The summed E-state index contributed by atoms with van der Waals surface area (Å²) >= 11 is 0. The normalized spacial score (nSPS) is 16.5. The summed E-state index contributed by atoms with van der Waals surface area (Å²) in [6, 6.07) is 3.79. The fraction of sp³-hybridized carbons (Fsp3) is 0.667. The van der Waals surface area contributed by atoms with Gasteiger partial charge in [-0.3, -0.25) is 5.32 Å². The van der Waals surface area contributed by atoms with Gasteiger partial charge in [-0.15, -0.1) is 0 Å². The molecule has 2 rings (SSSR count). The van der Waals surface area contributed by atoms with Gasteiger partial charge in [-0.05, 0) is 43.1 Å². The van der Waals surface area contributed by atoms with Crippen molar-refractivity contribution < 1.29 is 9.22 Å². The second kappa shape index (κ2) is 7.55. The van der Waals surface area contributed by atoms with E-state index in [9.17, 15) is 4.79 Å². The average Bonchev–Trinajstić information content (AvgIpc) is 2.49. The van der Waals surface area contributed by atoms with Crippen LogP contribution >= 0.6 is 0 Å². The highest BCUT2D eigenvalue weighted by atomic mass is 28.4. The molecular formula is C18H31N3O2Si. The lowest BCUT2D eigenvalue weighted by Gasteiger charge is -2.36. The summed E-state index contributed by atoms with van der Waals surface area (Å²) in [5.74, 6) is 1.31. The van der Waals surface area contributed by atoms with E-state index < -0.39 is 8.32 Å². The molecule has 1 aliphatic rings. The minimum atomic E-state index is -1.86. The number of nitrogens with one attached hydrogen (secondary N) is 2. The third kappa shape index (κ3) is 5.23. The number of pyridine rings is 1. The largest absolute Gasteiger partial charge is 0.542 e. The monoisotopic (exact) mass is 349 g/mol. The van der Waals surface area contributed by atoms with Gasteiger partial charge in [0.25, 0.3) is 8.32 Å². The summed E-state index contributed by atoms with van der Waals surface area (Å²) in [7, 11) is -1.86. The molecule has 2 N–H and O–H groups in total. The van der Waals surface area contributed by atoms with Gasteiger partial charge in [-0.25, -0.2) is 9.78 Å². The van der Waals surface area contributed by atoms with E-state index in [2.05, 4.69) is 49.5 Å². The molecule has 0 spiro atoms. The standard InChI is InChI=1S/C18H31N3O2Si/c1-18(2,3)24(4,5)23-15-11-12-16(19-13-15)21-17(22)20-14-9-7-6-8-10-14/h11-14H,6-10H2,1-5H3,(H2,19,20,21,22). The summed E-state index contributed by atoms with van der Waals surface area (Å²) in [6.07, 6.45) is 7.50. The molecule has 5 nitrogen and oxygen atoms in total. The van der Waals surface area contributed by atoms with Crippen LogP contribution < -0.4 is 15.1 Å². The van der Waals surface area contributed by atoms with Crippen LogP contribution in [0.25, 0.3) is 0 Å². The molecule has 1 aromatic rings. The van der Waals surface area contributed by atoms with Gasteiger partial charge in [0.2, 0.25) is 0 Å². The van der Waals surface area contributed by atoms with Crippen molar-refractivity contribution in [3.05, 3.63) is 18.3 Å². The molecule has 0 unspecified atom stereocenters. The van der Waals surface area contributed by atoms with Crippen LogP contribution in [0.3, 0.4) is 0 Å². The molecule has 6 heteroatoms. The van der Waals surface area contributed by atoms with E-state index in [1.54, 1.807) is 12.3 Å². The van der Waals surface area contributed by atoms with Crippen molar-refractivity contribution in [1.29, 1.82) is 0 Å². The smallest absolute Gasteiger partial charge is 0.320 e. The number of urea groups is 1. The van der Waals surface area contributed by atoms with Crippen LogP contribution in [0.5, 0.6) is 5.75 Å². The number of nitrogens with zero attached hydrogens (tertiary/aromatic N) is 1. The highest BCUT2D eigenvalue weighted by Gasteiger charge is 2.39. The van der Waals surface area contributed by atoms with Crippen molar-refractivity contribution in [3.63, 3.8) is 0 Å². The molecule has 0 radical (unpaired) electrons. The fourth-order valence-corrected chi connectivity index (χ4v) is 3.56. The molecule has 1 fully saturated rings. The molecule has 134 valence electrons. The quantitative estimate of drug-likeness (QED) is 0.758. The van der Waals surface area contributed by atoms with Crippen molar-refractivity contribution in [2.24, 2.45) is 0 Å². The highest BCUT2D eigenvalue weighted by Crippen LogP contribution is 2.37. The molecule has 0 aliphatic heterocycles. The number of carbonyl (C=O) groups excluding carboxylic acids is 1. The van der Waals surface area contributed by atoms with Gasteiger partial charge < -0.3 is 9.74 Å². The van der Waals surface area contributed by atoms with Gasteiger partial charge in [0, 0.05) is 6.04 Å². The highest BCUT2D eigenvalue weighted by molar-refractivity contribution is 6.74. The Bertz CT molecular complexity index is 546. The molecule has 0 aromatic carbocycles. The molecule has 1 aromatic heterocycles. The maximum Gasteiger partial charge on any atom is 0.320 e. The van der Waals surface area contributed by atoms with E-state index in [4.69, 9.17) is 4.43 Å². The molecule has 0 bridgehead atoms. The molecular weight excluding hydrogens is 318 g/mol. The lowest BCUT2D eigenvalue weighted by Crippen LogP contribution is -2.43. The number of hydrogen-bond acceptors (Lipinski definition) is 3. The predicted molar refractivity (Wildman–Crippen MR) is 101 cm³/mol. The molecule has 1 heterocycles. The van der Waals surface area contributed by atoms with E-state index in [1.807, 2.05) is 6.07 Å². The minimum absolute atomic E-state index is 0.143. The Balaban J connectivity index is 1.88. The van der Waals surface area contributed by atoms with E-state index in [-0.39, 0.29) is 11.1 Å². The number of rotatable bonds is 4. The van der Waals surface area contributed by atoms with Crippen molar-refractivity contribution in [3.8, 4) is 5.75 Å². The Kier molecular flexibility index (Phi) is 5.90. The third-order valence-electron chi connectivity index (χ3n) is 5.10. The number of amides is 2. The second-order valence-electron chi connectivity index (χ2n) is 8.17. The maximum atomic E-state index is 12.0. The van der Waals surface area contributed by atoms with Gasteiger partial charge in [-0.2, -0.15) is 0 Å². The van der Waals surface area contributed by atoms with Gasteiger partial charge in [-0.1, -0.05) is 40.0 Å². The first-order valence-electron chi connectivity index (χ1n) is 8.90. The molecule has 2 amide bonds. The van der Waals surface area contributed by atoms with Crippen LogP contribution in [0.4, 0.5) is 10.6 Å². The Morgan fingerprint density at radius 2 is 1.88 bits per heavy atom. The molecule has 0 atom stereocenters. The van der Waals surface area contributed by atoms with E-state index in [0.717, 1.165) is 18.6 Å². The third-order valence-corrected chi connectivity index (χ3v) is 9.46. The minimum Gasteiger partial charge on any atom is -0.542 e. The lowest BCUT2D eigenvalue weighted by atomic mass is 9.96. The molecule has 0 saturated heterocycles. The summed E-state index contributed by atoms with van der Waals surface area (Å²) in [5, 5.41) is 5.97. The Hall–Kier alpha value is -1.56. The van der Waals surface area contributed by atoms with Crippen LogP contribution in [-0.2, 0) is 0 Å². The summed E-state index contributed by atoms with van der Waals surface area (Å²) in [5.41, 5.74) is 0. The SMILES string of the molecule is CC(C)(C)[Si](C)(C)Oc1ccc(NC(=O)NC2CCCCC2)nc1. The first-order valence-corrected chi connectivity index (χ1v) is 11.8. The molecule has 1 saturated carbocycles. The van der Waals surface area contributed by atoms with Crippen molar-refractivity contribution >= 4 is 20.2 Å². The number of aromatic nitrogens is 1. The summed E-state index contributed by atoms with van der Waals surface area (Å²) < 4.78 is 6.20. The van der Waals surface area contributed by atoms with Crippen molar-refractivity contribution in [1.82, 2.24) is 10.3 Å². The van der Waals surface area contributed by atoms with Crippen LogP contribution in [0.15, 0.2) is 18.3 Å². The number of hydrogen-bond donors (Lipinski definition) is 2. The first kappa shape index (κ1) is 18.8. The van der Waals surface area contributed by atoms with E-state index >= 15 is 0 Å². The van der Waals surface area contributed by atoms with Gasteiger partial charge in [0.05, 0.1) is 6.20 Å². The van der Waals surface area contributed by atoms with Crippen LogP contribution in [0, 0.1) is 0 Å². The average molecular weight is 350 g/mol. The van der Waals surface area contributed by atoms with Crippen molar-refractivity contribution in [2.75, 3.05) is 5.32 Å². The zero-order chi connectivity index (χ0) is 17.8. The van der Waals surface area contributed by atoms with Gasteiger partial charge >= 0.3 is 6.03 Å². The van der Waals surface area contributed by atoms with E-state index in [1.165, 1.54) is 19.3 Å². The number of carbonyl (C=O) groups is 1. The van der Waals surface area contributed by atoms with Crippen LogP contribution in [-0.4, -0.2) is 25.4 Å². The Morgan fingerprint density at radius 1 is 1.21 bits per heavy atom. The summed E-state index contributed by atoms with van der Waals surface area (Å²) in [4.78, 5) is 16.3. The number of anilines is 1. The fourth-order valence-electron chi connectivity index (χ4n) is 2.55. The zero-order valence-corrected chi connectivity index (χ0v) is 16.6. The second-order valence-corrected chi connectivity index (χ2v) is 12.9. The first-order chi connectivity index (χ1) is 11.2. The van der Waals surface area contributed by atoms with Gasteiger partial charge in [0.15, 0.2) is 0 Å². The lowest BCUT2D eigenvalue weighted by molar-refractivity contribution is 0.244. The molecule has 1 aliphatic carbocycles. The topological polar surface area (TPSA) is 63.2 Å².